The van der Waals surface area contributed by atoms with Crippen LogP contribution in [-0.4, -0.2) is 41.9 Å². The fourth-order valence-corrected chi connectivity index (χ4v) is 2.82. The van der Waals surface area contributed by atoms with Crippen LogP contribution in [0.5, 0.6) is 0 Å². The molecule has 0 bridgehead atoms. The lowest BCUT2D eigenvalue weighted by molar-refractivity contribution is -0.115. The number of nitrogens with zero attached hydrogens (tertiary/aromatic N) is 1. The van der Waals surface area contributed by atoms with Crippen LogP contribution in [0.25, 0.3) is 0 Å². The van der Waals surface area contributed by atoms with E-state index >= 15 is 0 Å². The van der Waals surface area contributed by atoms with Crippen LogP contribution in [-0.2, 0) is 11.2 Å². The Morgan fingerprint density at radius 3 is 2.95 bits per heavy atom. The molecule has 2 aliphatic heterocycles. The monoisotopic (exact) mass is 273 g/mol. The number of anilines is 1. The van der Waals surface area contributed by atoms with E-state index in [1.807, 2.05) is 24.0 Å². The van der Waals surface area contributed by atoms with Gasteiger partial charge in [0.2, 0.25) is 5.91 Å². The standard InChI is InChI=1S/C15H19N3O2/c1-9-8-18(10(2)7-16-9)15(20)12-4-3-11-6-14(19)17-13(11)5-12/h3-5,9-10,16H,6-8H2,1-2H3,(H,17,19). The Labute approximate surface area is 118 Å². The second kappa shape index (κ2) is 4.90. The Hall–Kier alpha value is -1.88. The molecule has 3 rings (SSSR count). The van der Waals surface area contributed by atoms with E-state index in [0.29, 0.717) is 24.6 Å². The van der Waals surface area contributed by atoms with Crippen LogP contribution in [0.1, 0.15) is 29.8 Å². The van der Waals surface area contributed by atoms with Crippen LogP contribution in [0.3, 0.4) is 0 Å². The van der Waals surface area contributed by atoms with Gasteiger partial charge in [-0.15, -0.1) is 0 Å². The van der Waals surface area contributed by atoms with E-state index in [9.17, 15) is 9.59 Å². The van der Waals surface area contributed by atoms with Crippen molar-refractivity contribution in [1.29, 1.82) is 0 Å². The quantitative estimate of drug-likeness (QED) is 0.802. The summed E-state index contributed by atoms with van der Waals surface area (Å²) >= 11 is 0. The molecule has 0 aliphatic carbocycles. The van der Waals surface area contributed by atoms with E-state index in [4.69, 9.17) is 0 Å². The zero-order valence-electron chi connectivity index (χ0n) is 11.8. The van der Waals surface area contributed by atoms with Gasteiger partial charge < -0.3 is 15.5 Å². The van der Waals surface area contributed by atoms with Crippen LogP contribution in [0, 0.1) is 0 Å². The Morgan fingerprint density at radius 2 is 2.15 bits per heavy atom. The van der Waals surface area contributed by atoms with Crippen molar-refractivity contribution < 1.29 is 9.59 Å². The number of carbonyl (C=O) groups is 2. The maximum atomic E-state index is 12.6. The van der Waals surface area contributed by atoms with Crippen LogP contribution in [0.15, 0.2) is 18.2 Å². The lowest BCUT2D eigenvalue weighted by Gasteiger charge is -2.37. The average molecular weight is 273 g/mol. The number of carbonyl (C=O) groups excluding carboxylic acids is 2. The zero-order valence-corrected chi connectivity index (χ0v) is 11.8. The average Bonchev–Trinajstić information content (AvgIpc) is 2.79. The molecule has 0 saturated carbocycles. The van der Waals surface area contributed by atoms with Crippen molar-refractivity contribution in [3.05, 3.63) is 29.3 Å². The van der Waals surface area contributed by atoms with Crippen molar-refractivity contribution in [2.24, 2.45) is 0 Å². The molecular formula is C15H19N3O2. The van der Waals surface area contributed by atoms with Crippen molar-refractivity contribution in [2.75, 3.05) is 18.4 Å². The summed E-state index contributed by atoms with van der Waals surface area (Å²) in [6, 6.07) is 5.98. The Morgan fingerprint density at radius 1 is 1.35 bits per heavy atom. The number of fused-ring (bicyclic) bond motifs is 1. The summed E-state index contributed by atoms with van der Waals surface area (Å²) in [5, 5.41) is 6.16. The number of piperazine rings is 1. The minimum atomic E-state index is -0.00578. The van der Waals surface area contributed by atoms with Gasteiger partial charge in [-0.1, -0.05) is 6.07 Å². The summed E-state index contributed by atoms with van der Waals surface area (Å²) in [6.07, 6.45) is 0.408. The number of hydrogen-bond donors (Lipinski definition) is 2. The van der Waals surface area contributed by atoms with Crippen LogP contribution < -0.4 is 10.6 Å². The van der Waals surface area contributed by atoms with E-state index in [-0.39, 0.29) is 17.9 Å². The summed E-state index contributed by atoms with van der Waals surface area (Å²) in [4.78, 5) is 25.9. The summed E-state index contributed by atoms with van der Waals surface area (Å²) < 4.78 is 0. The second-order valence-corrected chi connectivity index (χ2v) is 5.71. The van der Waals surface area contributed by atoms with E-state index in [2.05, 4.69) is 17.6 Å². The minimum Gasteiger partial charge on any atom is -0.333 e. The normalized spacial score (nSPS) is 25.3. The highest BCUT2D eigenvalue weighted by Crippen LogP contribution is 2.25. The van der Waals surface area contributed by atoms with Gasteiger partial charge in [0.15, 0.2) is 0 Å². The van der Waals surface area contributed by atoms with Crippen molar-refractivity contribution in [3.63, 3.8) is 0 Å². The largest absolute Gasteiger partial charge is 0.333 e. The predicted molar refractivity (Wildman–Crippen MR) is 76.7 cm³/mol. The van der Waals surface area contributed by atoms with Gasteiger partial charge in [-0.2, -0.15) is 0 Å². The fraction of sp³-hybridized carbons (Fsp3) is 0.467. The molecule has 2 aliphatic rings. The van der Waals surface area contributed by atoms with Gasteiger partial charge in [-0.25, -0.2) is 0 Å². The molecule has 2 heterocycles. The van der Waals surface area contributed by atoms with Crippen molar-refractivity contribution in [2.45, 2.75) is 32.4 Å². The number of amides is 2. The molecular weight excluding hydrogens is 254 g/mol. The van der Waals surface area contributed by atoms with Gasteiger partial charge in [0.25, 0.3) is 5.91 Å². The summed E-state index contributed by atoms with van der Waals surface area (Å²) in [5.74, 6) is 0.0311. The first-order valence-corrected chi connectivity index (χ1v) is 7.01. The Bertz CT molecular complexity index is 570. The van der Waals surface area contributed by atoms with Gasteiger partial charge in [0.1, 0.15) is 0 Å². The SMILES string of the molecule is CC1CN(C(=O)c2ccc3c(c2)NC(=O)C3)C(C)CN1. The van der Waals surface area contributed by atoms with E-state index < -0.39 is 0 Å². The maximum absolute atomic E-state index is 12.6. The van der Waals surface area contributed by atoms with E-state index in [1.165, 1.54) is 0 Å². The first-order valence-electron chi connectivity index (χ1n) is 7.01. The predicted octanol–water partition coefficient (Wildman–Crippen LogP) is 1.00. The lowest BCUT2D eigenvalue weighted by atomic mass is 10.1. The number of benzene rings is 1. The van der Waals surface area contributed by atoms with Crippen LogP contribution >= 0.6 is 0 Å². The van der Waals surface area contributed by atoms with Gasteiger partial charge in [0.05, 0.1) is 6.42 Å². The molecule has 5 heteroatoms. The third-order valence-electron chi connectivity index (χ3n) is 4.01. The smallest absolute Gasteiger partial charge is 0.254 e. The molecule has 2 N–H and O–H groups in total. The van der Waals surface area contributed by atoms with E-state index in [1.54, 1.807) is 6.07 Å². The summed E-state index contributed by atoms with van der Waals surface area (Å²) in [5.41, 5.74) is 2.39. The molecule has 2 unspecified atom stereocenters. The number of rotatable bonds is 1. The molecule has 0 radical (unpaired) electrons. The topological polar surface area (TPSA) is 61.4 Å². The van der Waals surface area contributed by atoms with Crippen LogP contribution in [0.4, 0.5) is 5.69 Å². The highest BCUT2D eigenvalue weighted by molar-refractivity contribution is 6.02. The fourth-order valence-electron chi connectivity index (χ4n) is 2.82. The second-order valence-electron chi connectivity index (χ2n) is 5.71. The summed E-state index contributed by atoms with van der Waals surface area (Å²) in [6.45, 7) is 5.65. The molecule has 1 fully saturated rings. The van der Waals surface area contributed by atoms with Crippen LogP contribution in [0.2, 0.25) is 0 Å². The van der Waals surface area contributed by atoms with Gasteiger partial charge in [0, 0.05) is 36.4 Å². The van der Waals surface area contributed by atoms with Gasteiger partial charge in [-0.3, -0.25) is 9.59 Å². The molecule has 1 aromatic rings. The third-order valence-corrected chi connectivity index (χ3v) is 4.01. The lowest BCUT2D eigenvalue weighted by Crippen LogP contribution is -2.56. The van der Waals surface area contributed by atoms with Crippen molar-refractivity contribution >= 4 is 17.5 Å². The molecule has 5 nitrogen and oxygen atoms in total. The zero-order chi connectivity index (χ0) is 14.3. The molecule has 2 amide bonds. The first-order chi connectivity index (χ1) is 9.54. The number of nitrogens with one attached hydrogen (secondary N) is 2. The molecule has 106 valence electrons. The first kappa shape index (κ1) is 13.1. The van der Waals surface area contributed by atoms with Gasteiger partial charge >= 0.3 is 0 Å². The Kier molecular flexibility index (Phi) is 3.22. The van der Waals surface area contributed by atoms with Gasteiger partial charge in [-0.05, 0) is 31.5 Å². The third kappa shape index (κ3) is 2.29. The molecule has 0 spiro atoms. The Balaban J connectivity index is 1.84. The minimum absolute atomic E-state index is 0.00578. The highest BCUT2D eigenvalue weighted by atomic mass is 16.2. The van der Waals surface area contributed by atoms with Crippen molar-refractivity contribution in [3.8, 4) is 0 Å². The summed E-state index contributed by atoms with van der Waals surface area (Å²) in [7, 11) is 0. The maximum Gasteiger partial charge on any atom is 0.254 e. The molecule has 1 saturated heterocycles. The number of hydrogen-bond acceptors (Lipinski definition) is 3. The highest BCUT2D eigenvalue weighted by Gasteiger charge is 2.28. The molecule has 1 aromatic carbocycles. The molecule has 0 aromatic heterocycles. The molecule has 2 atom stereocenters. The molecule has 20 heavy (non-hydrogen) atoms. The van der Waals surface area contributed by atoms with E-state index in [0.717, 1.165) is 17.8 Å². The van der Waals surface area contributed by atoms with Crippen molar-refractivity contribution in [1.82, 2.24) is 10.2 Å².